The van der Waals surface area contributed by atoms with Crippen molar-refractivity contribution in [3.8, 4) is 5.75 Å². The Morgan fingerprint density at radius 3 is 2.33 bits per heavy atom. The summed E-state index contributed by atoms with van der Waals surface area (Å²) in [5.74, 6) is 0.171. The number of ether oxygens (including phenoxy) is 2. The lowest BCUT2D eigenvalue weighted by atomic mass is 10.1. The minimum atomic E-state index is -3.64. The first-order chi connectivity index (χ1) is 13.0. The van der Waals surface area contributed by atoms with Crippen molar-refractivity contribution >= 4 is 10.0 Å². The van der Waals surface area contributed by atoms with Gasteiger partial charge in [-0.05, 0) is 56.2 Å². The zero-order chi connectivity index (χ0) is 19.3. The van der Waals surface area contributed by atoms with Crippen LogP contribution in [0.15, 0.2) is 53.4 Å². The number of hydrogen-bond acceptors (Lipinski definition) is 4. The van der Waals surface area contributed by atoms with Crippen LogP contribution >= 0.6 is 0 Å². The van der Waals surface area contributed by atoms with E-state index in [-0.39, 0.29) is 29.9 Å². The van der Waals surface area contributed by atoms with E-state index in [1.807, 2.05) is 6.92 Å². The van der Waals surface area contributed by atoms with Gasteiger partial charge in [0.25, 0.3) is 0 Å². The van der Waals surface area contributed by atoms with Crippen LogP contribution in [0, 0.1) is 12.7 Å². The molecule has 146 valence electrons. The molecule has 3 rings (SSSR count). The van der Waals surface area contributed by atoms with Crippen LogP contribution in [-0.2, 0) is 14.8 Å². The summed E-state index contributed by atoms with van der Waals surface area (Å²) in [5.41, 5.74) is 1.01. The predicted molar refractivity (Wildman–Crippen MR) is 101 cm³/mol. The Balaban J connectivity index is 1.75. The molecule has 1 aliphatic heterocycles. The number of hydrogen-bond donors (Lipinski definition) is 0. The predicted octanol–water partition coefficient (Wildman–Crippen LogP) is 3.38. The first-order valence-electron chi connectivity index (χ1n) is 9.01. The topological polar surface area (TPSA) is 55.8 Å². The Morgan fingerprint density at radius 2 is 1.70 bits per heavy atom. The van der Waals surface area contributed by atoms with Gasteiger partial charge in [0, 0.05) is 25.8 Å². The molecule has 7 heteroatoms. The van der Waals surface area contributed by atoms with Crippen LogP contribution in [0.25, 0.3) is 0 Å². The maximum Gasteiger partial charge on any atom is 0.243 e. The second-order valence-electron chi connectivity index (χ2n) is 6.57. The Kier molecular flexibility index (Phi) is 6.46. The van der Waals surface area contributed by atoms with Crippen LogP contribution in [0.5, 0.6) is 5.75 Å². The fourth-order valence-electron chi connectivity index (χ4n) is 3.10. The molecule has 0 saturated carbocycles. The third-order valence-electron chi connectivity index (χ3n) is 4.62. The number of halogens is 1. The highest BCUT2D eigenvalue weighted by Gasteiger charge is 2.32. The molecule has 0 bridgehead atoms. The molecule has 0 aliphatic carbocycles. The zero-order valence-electron chi connectivity index (χ0n) is 15.3. The fraction of sp³-hybridized carbons (Fsp3) is 0.400. The first kappa shape index (κ1) is 19.8. The average molecular weight is 393 g/mol. The summed E-state index contributed by atoms with van der Waals surface area (Å²) in [7, 11) is -3.64. The molecule has 0 radical (unpaired) electrons. The van der Waals surface area contributed by atoms with E-state index in [1.165, 1.54) is 28.6 Å². The van der Waals surface area contributed by atoms with Crippen molar-refractivity contribution in [2.75, 3.05) is 26.4 Å². The quantitative estimate of drug-likeness (QED) is 0.724. The van der Waals surface area contributed by atoms with Crippen LogP contribution in [0.3, 0.4) is 0 Å². The van der Waals surface area contributed by atoms with Gasteiger partial charge in [-0.25, -0.2) is 12.8 Å². The van der Waals surface area contributed by atoms with E-state index in [2.05, 4.69) is 0 Å². The number of aryl methyl sites for hydroxylation is 1. The molecule has 1 heterocycles. The SMILES string of the molecule is Cc1ccc(S(=O)(=O)N(CCOc2ccc(F)cc2)C2CCOCC2)cc1. The van der Waals surface area contributed by atoms with Gasteiger partial charge in [-0.2, -0.15) is 4.31 Å². The highest BCUT2D eigenvalue weighted by Crippen LogP contribution is 2.24. The smallest absolute Gasteiger partial charge is 0.243 e. The highest BCUT2D eigenvalue weighted by atomic mass is 32.2. The van der Waals surface area contributed by atoms with Crippen LogP contribution in [0.4, 0.5) is 4.39 Å². The number of nitrogens with zero attached hydrogens (tertiary/aromatic N) is 1. The molecular formula is C20H24FNO4S. The Labute approximate surface area is 159 Å². The van der Waals surface area contributed by atoms with Gasteiger partial charge in [-0.1, -0.05) is 17.7 Å². The second kappa shape index (κ2) is 8.82. The second-order valence-corrected chi connectivity index (χ2v) is 8.47. The highest BCUT2D eigenvalue weighted by molar-refractivity contribution is 7.89. The van der Waals surface area contributed by atoms with E-state index in [1.54, 1.807) is 24.3 Å². The van der Waals surface area contributed by atoms with Crippen LogP contribution < -0.4 is 4.74 Å². The number of benzene rings is 2. The molecule has 1 fully saturated rings. The van der Waals surface area contributed by atoms with E-state index >= 15 is 0 Å². The van der Waals surface area contributed by atoms with E-state index < -0.39 is 10.0 Å². The first-order valence-corrected chi connectivity index (χ1v) is 10.5. The summed E-state index contributed by atoms with van der Waals surface area (Å²) in [6.07, 6.45) is 1.31. The Hall–Kier alpha value is -1.96. The zero-order valence-corrected chi connectivity index (χ0v) is 16.1. The molecule has 0 unspecified atom stereocenters. The molecule has 5 nitrogen and oxygen atoms in total. The van der Waals surface area contributed by atoms with Crippen molar-refractivity contribution in [3.63, 3.8) is 0 Å². The molecule has 0 aromatic heterocycles. The van der Waals surface area contributed by atoms with Crippen molar-refractivity contribution in [2.45, 2.75) is 30.7 Å². The normalized spacial score (nSPS) is 15.8. The van der Waals surface area contributed by atoms with E-state index in [0.29, 0.717) is 31.8 Å². The third-order valence-corrected chi connectivity index (χ3v) is 6.59. The molecule has 0 amide bonds. The third kappa shape index (κ3) is 5.06. The maximum atomic E-state index is 13.2. The van der Waals surface area contributed by atoms with E-state index in [9.17, 15) is 12.8 Å². The standard InChI is InChI=1S/C20H24FNO4S/c1-16-2-8-20(9-3-16)27(23,24)22(18-10-13-25-14-11-18)12-15-26-19-6-4-17(21)5-7-19/h2-9,18H,10-15H2,1H3. The summed E-state index contributed by atoms with van der Waals surface area (Å²) in [6.45, 7) is 3.42. The van der Waals surface area contributed by atoms with Gasteiger partial charge >= 0.3 is 0 Å². The molecule has 1 aliphatic rings. The lowest BCUT2D eigenvalue weighted by molar-refractivity contribution is 0.0557. The monoisotopic (exact) mass is 393 g/mol. The molecule has 27 heavy (non-hydrogen) atoms. The van der Waals surface area contributed by atoms with Gasteiger partial charge in [0.05, 0.1) is 4.90 Å². The lowest BCUT2D eigenvalue weighted by Crippen LogP contribution is -2.45. The fourth-order valence-corrected chi connectivity index (χ4v) is 4.77. The van der Waals surface area contributed by atoms with Crippen molar-refractivity contribution < 1.29 is 22.3 Å². The molecule has 1 saturated heterocycles. The summed E-state index contributed by atoms with van der Waals surface area (Å²) in [5, 5.41) is 0. The van der Waals surface area contributed by atoms with Gasteiger partial charge in [0.1, 0.15) is 18.2 Å². The summed E-state index contributed by atoms with van der Waals surface area (Å²) >= 11 is 0. The molecule has 0 atom stereocenters. The molecular weight excluding hydrogens is 369 g/mol. The van der Waals surface area contributed by atoms with Gasteiger partial charge in [0.2, 0.25) is 10.0 Å². The van der Waals surface area contributed by atoms with E-state index in [0.717, 1.165) is 5.56 Å². The van der Waals surface area contributed by atoms with Crippen LogP contribution in [0.1, 0.15) is 18.4 Å². The average Bonchev–Trinajstić information content (AvgIpc) is 2.67. The maximum absolute atomic E-state index is 13.2. The van der Waals surface area contributed by atoms with Crippen molar-refractivity contribution in [2.24, 2.45) is 0 Å². The molecule has 2 aromatic carbocycles. The van der Waals surface area contributed by atoms with Gasteiger partial charge in [-0.15, -0.1) is 0 Å². The van der Waals surface area contributed by atoms with Gasteiger partial charge in [0.15, 0.2) is 0 Å². The summed E-state index contributed by atoms with van der Waals surface area (Å²) in [4.78, 5) is 0.279. The molecule has 0 N–H and O–H groups in total. The van der Waals surface area contributed by atoms with Crippen LogP contribution in [0.2, 0.25) is 0 Å². The van der Waals surface area contributed by atoms with Crippen molar-refractivity contribution in [1.82, 2.24) is 4.31 Å². The Morgan fingerprint density at radius 1 is 1.07 bits per heavy atom. The lowest BCUT2D eigenvalue weighted by Gasteiger charge is -2.33. The van der Waals surface area contributed by atoms with Gasteiger partial charge < -0.3 is 9.47 Å². The van der Waals surface area contributed by atoms with Crippen molar-refractivity contribution in [1.29, 1.82) is 0 Å². The Bertz CT molecular complexity index is 831. The number of rotatable bonds is 7. The largest absolute Gasteiger partial charge is 0.492 e. The minimum absolute atomic E-state index is 0.123. The summed E-state index contributed by atoms with van der Waals surface area (Å²) in [6, 6.07) is 12.4. The summed E-state index contributed by atoms with van der Waals surface area (Å²) < 4.78 is 51.9. The number of sulfonamides is 1. The van der Waals surface area contributed by atoms with Crippen molar-refractivity contribution in [3.05, 3.63) is 59.9 Å². The minimum Gasteiger partial charge on any atom is -0.492 e. The van der Waals surface area contributed by atoms with E-state index in [4.69, 9.17) is 9.47 Å². The van der Waals surface area contributed by atoms with Crippen LogP contribution in [-0.4, -0.2) is 45.1 Å². The van der Waals surface area contributed by atoms with Gasteiger partial charge in [-0.3, -0.25) is 0 Å². The molecule has 0 spiro atoms. The molecule has 2 aromatic rings.